The molecule has 1 aromatic heterocycles. The molecule has 24 heavy (non-hydrogen) atoms. The van der Waals surface area contributed by atoms with Crippen LogP contribution in [0.15, 0.2) is 48.7 Å². The van der Waals surface area contributed by atoms with E-state index in [-0.39, 0.29) is 17.9 Å². The molecule has 0 spiro atoms. The van der Waals surface area contributed by atoms with Crippen molar-refractivity contribution >= 4 is 17.5 Å². The lowest BCUT2D eigenvalue weighted by Gasteiger charge is -2.24. The second-order valence-electron chi connectivity index (χ2n) is 5.89. The van der Waals surface area contributed by atoms with E-state index in [0.717, 1.165) is 25.1 Å². The Balaban J connectivity index is 1.80. The number of amides is 2. The third-order valence-electron chi connectivity index (χ3n) is 4.26. The van der Waals surface area contributed by atoms with E-state index in [9.17, 15) is 9.59 Å². The summed E-state index contributed by atoms with van der Waals surface area (Å²) in [6.07, 6.45) is 4.07. The topological polar surface area (TPSA) is 62.3 Å². The third-order valence-corrected chi connectivity index (χ3v) is 4.26. The highest BCUT2D eigenvalue weighted by Crippen LogP contribution is 2.32. The van der Waals surface area contributed by atoms with Gasteiger partial charge in [-0.1, -0.05) is 19.1 Å². The zero-order chi connectivity index (χ0) is 16.9. The summed E-state index contributed by atoms with van der Waals surface area (Å²) >= 11 is 0. The summed E-state index contributed by atoms with van der Waals surface area (Å²) in [5.74, 6) is -0.0807. The summed E-state index contributed by atoms with van der Waals surface area (Å²) < 4.78 is 0. The first kappa shape index (κ1) is 16.2. The smallest absolute Gasteiger partial charge is 0.254 e. The number of hydrogen-bond donors (Lipinski definition) is 1. The fourth-order valence-corrected chi connectivity index (χ4v) is 3.04. The van der Waals surface area contributed by atoms with Gasteiger partial charge in [-0.05, 0) is 43.2 Å². The minimum Gasteiger partial charge on any atom is -0.330 e. The maximum Gasteiger partial charge on any atom is 0.254 e. The minimum absolute atomic E-state index is 0.0178. The van der Waals surface area contributed by atoms with Crippen LogP contribution in [0.25, 0.3) is 0 Å². The molecule has 2 amide bonds. The fraction of sp³-hybridized carbons (Fsp3) is 0.316. The fourth-order valence-electron chi connectivity index (χ4n) is 3.04. The molecule has 0 saturated carbocycles. The molecule has 1 fully saturated rings. The summed E-state index contributed by atoms with van der Waals surface area (Å²) in [4.78, 5) is 30.7. The molecule has 1 aliphatic rings. The van der Waals surface area contributed by atoms with Crippen molar-refractivity contribution in [1.29, 1.82) is 0 Å². The molecule has 2 aromatic rings. The van der Waals surface area contributed by atoms with E-state index in [2.05, 4.69) is 10.3 Å². The van der Waals surface area contributed by atoms with E-state index in [1.54, 1.807) is 37.4 Å². The van der Waals surface area contributed by atoms with Gasteiger partial charge >= 0.3 is 0 Å². The number of aromatic nitrogens is 1. The van der Waals surface area contributed by atoms with Crippen molar-refractivity contribution in [2.75, 3.05) is 11.9 Å². The van der Waals surface area contributed by atoms with Crippen LogP contribution < -0.4 is 5.32 Å². The lowest BCUT2D eigenvalue weighted by Crippen LogP contribution is -2.31. The molecule has 124 valence electrons. The lowest BCUT2D eigenvalue weighted by molar-refractivity contribution is -0.115. The van der Waals surface area contributed by atoms with Crippen LogP contribution in [0.1, 0.15) is 48.3 Å². The van der Waals surface area contributed by atoms with Crippen LogP contribution in [0, 0.1) is 0 Å². The van der Waals surface area contributed by atoms with Crippen LogP contribution in [0.4, 0.5) is 5.69 Å². The molecule has 0 unspecified atom stereocenters. The maximum absolute atomic E-state index is 12.9. The molecule has 1 aliphatic heterocycles. The monoisotopic (exact) mass is 323 g/mol. The van der Waals surface area contributed by atoms with Gasteiger partial charge in [-0.3, -0.25) is 14.6 Å². The minimum atomic E-state index is -0.0628. The number of hydrogen-bond acceptors (Lipinski definition) is 3. The van der Waals surface area contributed by atoms with Crippen molar-refractivity contribution in [3.05, 3.63) is 59.9 Å². The van der Waals surface area contributed by atoms with Crippen LogP contribution >= 0.6 is 0 Å². The Kier molecular flexibility index (Phi) is 4.89. The SMILES string of the molecule is CCC(=O)Nc1cccc(C(=O)N2CCC[C@@H]2c2ccccn2)c1. The van der Waals surface area contributed by atoms with E-state index < -0.39 is 0 Å². The van der Waals surface area contributed by atoms with E-state index in [1.165, 1.54) is 0 Å². The predicted molar refractivity (Wildman–Crippen MR) is 92.6 cm³/mol. The van der Waals surface area contributed by atoms with E-state index in [4.69, 9.17) is 0 Å². The van der Waals surface area contributed by atoms with Gasteiger partial charge in [-0.15, -0.1) is 0 Å². The van der Waals surface area contributed by atoms with Crippen molar-refractivity contribution in [3.8, 4) is 0 Å². The lowest BCUT2D eigenvalue weighted by atomic mass is 10.1. The van der Waals surface area contributed by atoms with E-state index >= 15 is 0 Å². The summed E-state index contributed by atoms with van der Waals surface area (Å²) in [5.41, 5.74) is 2.17. The maximum atomic E-state index is 12.9. The highest BCUT2D eigenvalue weighted by atomic mass is 16.2. The highest BCUT2D eigenvalue weighted by molar-refractivity contribution is 5.97. The number of carbonyl (C=O) groups is 2. The average Bonchev–Trinajstić information content (AvgIpc) is 3.11. The van der Waals surface area contributed by atoms with Gasteiger partial charge in [0.05, 0.1) is 11.7 Å². The molecular formula is C19H21N3O2. The second-order valence-corrected chi connectivity index (χ2v) is 5.89. The van der Waals surface area contributed by atoms with Gasteiger partial charge in [0.15, 0.2) is 0 Å². The van der Waals surface area contributed by atoms with Crippen molar-refractivity contribution < 1.29 is 9.59 Å². The molecule has 1 saturated heterocycles. The number of carbonyl (C=O) groups excluding carboxylic acids is 2. The molecule has 2 heterocycles. The Labute approximate surface area is 141 Å². The first-order valence-corrected chi connectivity index (χ1v) is 8.31. The normalized spacial score (nSPS) is 16.9. The number of nitrogens with zero attached hydrogens (tertiary/aromatic N) is 2. The molecule has 1 N–H and O–H groups in total. The Bertz CT molecular complexity index is 730. The highest BCUT2D eigenvalue weighted by Gasteiger charge is 2.31. The van der Waals surface area contributed by atoms with Crippen molar-refractivity contribution in [1.82, 2.24) is 9.88 Å². The summed E-state index contributed by atoms with van der Waals surface area (Å²) in [6, 6.07) is 12.9. The standard InChI is InChI=1S/C19H21N3O2/c1-2-18(23)21-15-8-5-7-14(13-15)19(24)22-12-6-10-17(22)16-9-3-4-11-20-16/h3-5,7-9,11,13,17H,2,6,10,12H2,1H3,(H,21,23)/t17-/m1/s1. The molecule has 3 rings (SSSR count). The Morgan fingerprint density at radius 1 is 1.25 bits per heavy atom. The van der Waals surface area contributed by atoms with Gasteiger partial charge in [-0.2, -0.15) is 0 Å². The first-order valence-electron chi connectivity index (χ1n) is 8.31. The number of pyridine rings is 1. The summed E-state index contributed by atoms with van der Waals surface area (Å²) in [7, 11) is 0. The van der Waals surface area contributed by atoms with Crippen LogP contribution in [-0.4, -0.2) is 28.2 Å². The van der Waals surface area contributed by atoms with Crippen LogP contribution in [0.2, 0.25) is 0 Å². The van der Waals surface area contributed by atoms with Crippen LogP contribution in [0.3, 0.4) is 0 Å². The van der Waals surface area contributed by atoms with Gasteiger partial charge < -0.3 is 10.2 Å². The van der Waals surface area contributed by atoms with Crippen molar-refractivity contribution in [2.45, 2.75) is 32.2 Å². The van der Waals surface area contributed by atoms with Gasteiger partial charge in [0.1, 0.15) is 0 Å². The largest absolute Gasteiger partial charge is 0.330 e. The van der Waals surface area contributed by atoms with Crippen molar-refractivity contribution in [2.24, 2.45) is 0 Å². The molecule has 0 aliphatic carbocycles. The predicted octanol–water partition coefficient (Wildman–Crippen LogP) is 3.41. The molecule has 0 bridgehead atoms. The zero-order valence-corrected chi connectivity index (χ0v) is 13.7. The van der Waals surface area contributed by atoms with Gasteiger partial charge in [-0.25, -0.2) is 0 Å². The number of rotatable bonds is 4. The van der Waals surface area contributed by atoms with E-state index in [1.807, 2.05) is 23.1 Å². The molecule has 0 radical (unpaired) electrons. The van der Waals surface area contributed by atoms with Crippen molar-refractivity contribution in [3.63, 3.8) is 0 Å². The van der Waals surface area contributed by atoms with Gasteiger partial charge in [0, 0.05) is 30.4 Å². The average molecular weight is 323 g/mol. The van der Waals surface area contributed by atoms with Crippen LogP contribution in [-0.2, 0) is 4.79 Å². The Morgan fingerprint density at radius 3 is 2.88 bits per heavy atom. The third kappa shape index (κ3) is 3.45. The second kappa shape index (κ2) is 7.25. The summed E-state index contributed by atoms with van der Waals surface area (Å²) in [6.45, 7) is 2.53. The molecule has 5 heteroatoms. The number of anilines is 1. The molecule has 1 aromatic carbocycles. The first-order chi connectivity index (χ1) is 11.7. The van der Waals surface area contributed by atoms with E-state index in [0.29, 0.717) is 17.7 Å². The number of benzene rings is 1. The van der Waals surface area contributed by atoms with Gasteiger partial charge in [0.2, 0.25) is 5.91 Å². The summed E-state index contributed by atoms with van der Waals surface area (Å²) in [5, 5.41) is 2.80. The number of nitrogens with one attached hydrogen (secondary N) is 1. The zero-order valence-electron chi connectivity index (χ0n) is 13.7. The van der Waals surface area contributed by atoms with Crippen LogP contribution in [0.5, 0.6) is 0 Å². The molecular weight excluding hydrogens is 302 g/mol. The Hall–Kier alpha value is -2.69. The quantitative estimate of drug-likeness (QED) is 0.938. The molecule has 5 nitrogen and oxygen atoms in total. The van der Waals surface area contributed by atoms with Gasteiger partial charge in [0.25, 0.3) is 5.91 Å². The Morgan fingerprint density at radius 2 is 2.12 bits per heavy atom. The molecule has 1 atom stereocenters. The number of likely N-dealkylation sites (tertiary alicyclic amines) is 1.